The molecular formula is C20H13N3O8. The van der Waals surface area contributed by atoms with Crippen molar-refractivity contribution in [1.82, 2.24) is 0 Å². The van der Waals surface area contributed by atoms with Gasteiger partial charge in [0, 0.05) is 17.8 Å². The first kappa shape index (κ1) is 20.9. The number of amides is 1. The van der Waals surface area contributed by atoms with E-state index in [1.807, 2.05) is 0 Å². The molecule has 3 aromatic carbocycles. The Morgan fingerprint density at radius 3 is 1.71 bits per heavy atom. The molecule has 0 radical (unpaired) electrons. The van der Waals surface area contributed by atoms with Crippen LogP contribution in [0.4, 0.5) is 17.1 Å². The molecule has 0 spiro atoms. The Bertz CT molecular complexity index is 1140. The fourth-order valence-electron chi connectivity index (χ4n) is 2.55. The molecule has 0 fully saturated rings. The third-order valence-corrected chi connectivity index (χ3v) is 4.04. The molecule has 0 aliphatic rings. The van der Waals surface area contributed by atoms with Crippen molar-refractivity contribution in [1.29, 1.82) is 0 Å². The number of carboxylic acid groups (broad SMARTS) is 1. The molecule has 1 amide bonds. The lowest BCUT2D eigenvalue weighted by Gasteiger charge is -2.08. The first-order chi connectivity index (χ1) is 14.7. The van der Waals surface area contributed by atoms with Crippen LogP contribution >= 0.6 is 0 Å². The number of ether oxygens (including phenoxy) is 1. The van der Waals surface area contributed by atoms with Gasteiger partial charge in [0.2, 0.25) is 0 Å². The summed E-state index contributed by atoms with van der Waals surface area (Å²) in [5.41, 5.74) is -0.937. The number of hydrogen-bond donors (Lipinski definition) is 2. The molecule has 0 aromatic heterocycles. The third kappa shape index (κ3) is 5.17. The van der Waals surface area contributed by atoms with Crippen LogP contribution in [0.1, 0.15) is 20.7 Å². The molecule has 0 unspecified atom stereocenters. The largest absolute Gasteiger partial charge is 0.478 e. The number of nitrogens with one attached hydrogen (secondary N) is 1. The van der Waals surface area contributed by atoms with Crippen LogP contribution < -0.4 is 10.1 Å². The Kier molecular flexibility index (Phi) is 5.87. The van der Waals surface area contributed by atoms with Crippen LogP contribution in [0.25, 0.3) is 0 Å². The van der Waals surface area contributed by atoms with E-state index >= 15 is 0 Å². The van der Waals surface area contributed by atoms with Gasteiger partial charge in [-0.15, -0.1) is 0 Å². The number of benzene rings is 3. The number of carbonyl (C=O) groups excluding carboxylic acids is 1. The maximum absolute atomic E-state index is 12.4. The molecule has 0 saturated heterocycles. The number of carbonyl (C=O) groups is 2. The molecule has 0 aliphatic heterocycles. The van der Waals surface area contributed by atoms with Crippen molar-refractivity contribution in [2.75, 3.05) is 5.32 Å². The average Bonchev–Trinajstić information content (AvgIpc) is 2.75. The van der Waals surface area contributed by atoms with E-state index in [9.17, 15) is 29.8 Å². The quantitative estimate of drug-likeness (QED) is 0.421. The van der Waals surface area contributed by atoms with E-state index in [-0.39, 0.29) is 11.1 Å². The Morgan fingerprint density at radius 1 is 0.774 bits per heavy atom. The van der Waals surface area contributed by atoms with Crippen LogP contribution in [0.15, 0.2) is 66.7 Å². The van der Waals surface area contributed by atoms with Gasteiger partial charge in [-0.3, -0.25) is 25.0 Å². The molecule has 0 heterocycles. The zero-order chi connectivity index (χ0) is 22.5. The highest BCUT2D eigenvalue weighted by molar-refractivity contribution is 6.05. The van der Waals surface area contributed by atoms with Gasteiger partial charge in [-0.2, -0.15) is 0 Å². The molecule has 156 valence electrons. The number of hydrogen-bond acceptors (Lipinski definition) is 7. The van der Waals surface area contributed by atoms with Crippen LogP contribution in [-0.2, 0) is 0 Å². The second-order valence-corrected chi connectivity index (χ2v) is 6.16. The van der Waals surface area contributed by atoms with Crippen LogP contribution in [0, 0.1) is 20.2 Å². The van der Waals surface area contributed by atoms with Crippen molar-refractivity contribution >= 4 is 28.9 Å². The molecule has 3 rings (SSSR count). The lowest BCUT2D eigenvalue weighted by Crippen LogP contribution is -2.12. The average molecular weight is 423 g/mol. The van der Waals surface area contributed by atoms with Crippen molar-refractivity contribution in [3.63, 3.8) is 0 Å². The van der Waals surface area contributed by atoms with Gasteiger partial charge in [0.25, 0.3) is 17.3 Å². The van der Waals surface area contributed by atoms with Gasteiger partial charge in [0.15, 0.2) is 0 Å². The number of nitrogens with zero attached hydrogens (tertiary/aromatic N) is 2. The van der Waals surface area contributed by atoms with E-state index in [4.69, 9.17) is 9.84 Å². The summed E-state index contributed by atoms with van der Waals surface area (Å²) in [5, 5.41) is 33.3. The predicted octanol–water partition coefficient (Wildman–Crippen LogP) is 4.25. The molecular weight excluding hydrogens is 410 g/mol. The lowest BCUT2D eigenvalue weighted by molar-refractivity contribution is -0.394. The molecule has 0 saturated carbocycles. The molecule has 2 N–H and O–H groups in total. The third-order valence-electron chi connectivity index (χ3n) is 4.04. The van der Waals surface area contributed by atoms with Gasteiger partial charge in [-0.1, -0.05) is 0 Å². The summed E-state index contributed by atoms with van der Waals surface area (Å²) in [4.78, 5) is 43.5. The summed E-state index contributed by atoms with van der Waals surface area (Å²) < 4.78 is 5.59. The van der Waals surface area contributed by atoms with Gasteiger partial charge in [-0.25, -0.2) is 4.79 Å². The van der Waals surface area contributed by atoms with Gasteiger partial charge < -0.3 is 15.2 Å². The fourth-order valence-corrected chi connectivity index (χ4v) is 2.55. The zero-order valence-electron chi connectivity index (χ0n) is 15.6. The topological polar surface area (TPSA) is 162 Å². The van der Waals surface area contributed by atoms with E-state index < -0.39 is 33.1 Å². The molecule has 11 heteroatoms. The van der Waals surface area contributed by atoms with Crippen molar-refractivity contribution in [3.05, 3.63) is 98.1 Å². The minimum Gasteiger partial charge on any atom is -0.478 e. The Hall–Kier alpha value is -4.80. The first-order valence-electron chi connectivity index (χ1n) is 8.59. The number of anilines is 1. The predicted molar refractivity (Wildman–Crippen MR) is 108 cm³/mol. The molecule has 0 atom stereocenters. The smallest absolute Gasteiger partial charge is 0.335 e. The summed E-state index contributed by atoms with van der Waals surface area (Å²) >= 11 is 0. The van der Waals surface area contributed by atoms with E-state index in [1.54, 1.807) is 0 Å². The molecule has 31 heavy (non-hydrogen) atoms. The summed E-state index contributed by atoms with van der Waals surface area (Å²) in [7, 11) is 0. The molecule has 0 bridgehead atoms. The summed E-state index contributed by atoms with van der Waals surface area (Å²) in [6, 6.07) is 14.5. The standard InChI is InChI=1S/C20H13N3O8/c24-19(13-9-15(22(27)28)11-16(10-13)23(29)30)21-14-3-7-18(8-4-14)31-17-5-1-12(2-6-17)20(25)26/h1-11H,(H,21,24)(H,25,26). The highest BCUT2D eigenvalue weighted by Crippen LogP contribution is 2.25. The van der Waals surface area contributed by atoms with Crippen molar-refractivity contribution in [2.45, 2.75) is 0 Å². The summed E-state index contributed by atoms with van der Waals surface area (Å²) in [6.07, 6.45) is 0. The number of carboxylic acids is 1. The lowest BCUT2D eigenvalue weighted by atomic mass is 10.1. The maximum Gasteiger partial charge on any atom is 0.335 e. The summed E-state index contributed by atoms with van der Waals surface area (Å²) in [5.74, 6) is -0.997. The van der Waals surface area contributed by atoms with Crippen LogP contribution in [0.5, 0.6) is 11.5 Å². The Balaban J connectivity index is 1.72. The van der Waals surface area contributed by atoms with E-state index in [0.717, 1.165) is 18.2 Å². The van der Waals surface area contributed by atoms with E-state index in [1.165, 1.54) is 48.5 Å². The Labute approximate surface area is 173 Å². The van der Waals surface area contributed by atoms with Crippen molar-refractivity contribution in [3.8, 4) is 11.5 Å². The van der Waals surface area contributed by atoms with Gasteiger partial charge in [-0.05, 0) is 48.5 Å². The highest BCUT2D eigenvalue weighted by atomic mass is 16.6. The fraction of sp³-hybridized carbons (Fsp3) is 0. The second kappa shape index (κ2) is 8.69. The minimum absolute atomic E-state index is 0.117. The van der Waals surface area contributed by atoms with Crippen LogP contribution in [-0.4, -0.2) is 26.8 Å². The van der Waals surface area contributed by atoms with Gasteiger partial charge in [0.1, 0.15) is 11.5 Å². The number of aromatic carboxylic acids is 1. The normalized spacial score (nSPS) is 10.2. The van der Waals surface area contributed by atoms with Gasteiger partial charge >= 0.3 is 5.97 Å². The number of rotatable bonds is 7. The van der Waals surface area contributed by atoms with Gasteiger partial charge in [0.05, 0.1) is 27.0 Å². The van der Waals surface area contributed by atoms with E-state index in [0.29, 0.717) is 17.2 Å². The SMILES string of the molecule is O=C(O)c1ccc(Oc2ccc(NC(=O)c3cc([N+](=O)[O-])cc([N+](=O)[O-])c3)cc2)cc1. The molecule has 0 aliphatic carbocycles. The molecule has 3 aromatic rings. The van der Waals surface area contributed by atoms with Crippen molar-refractivity contribution in [2.24, 2.45) is 0 Å². The molecule has 11 nitrogen and oxygen atoms in total. The highest BCUT2D eigenvalue weighted by Gasteiger charge is 2.20. The van der Waals surface area contributed by atoms with Crippen LogP contribution in [0.3, 0.4) is 0 Å². The van der Waals surface area contributed by atoms with E-state index in [2.05, 4.69) is 5.32 Å². The first-order valence-corrected chi connectivity index (χ1v) is 8.59. The minimum atomic E-state index is -1.05. The number of nitro groups is 2. The number of nitro benzene ring substituents is 2. The monoisotopic (exact) mass is 423 g/mol. The van der Waals surface area contributed by atoms with Crippen LogP contribution in [0.2, 0.25) is 0 Å². The van der Waals surface area contributed by atoms with Crippen molar-refractivity contribution < 1.29 is 29.3 Å². The number of non-ortho nitro benzene ring substituents is 2. The Morgan fingerprint density at radius 2 is 1.26 bits per heavy atom. The zero-order valence-corrected chi connectivity index (χ0v) is 15.6. The summed E-state index contributed by atoms with van der Waals surface area (Å²) in [6.45, 7) is 0. The second-order valence-electron chi connectivity index (χ2n) is 6.16. The maximum atomic E-state index is 12.4.